The Morgan fingerprint density at radius 3 is 2.91 bits per heavy atom. The summed E-state index contributed by atoms with van der Waals surface area (Å²) in [6, 6.07) is 0. The third-order valence-corrected chi connectivity index (χ3v) is 1.52. The maximum Gasteiger partial charge on any atom is 0.309 e. The summed E-state index contributed by atoms with van der Waals surface area (Å²) in [6.45, 7) is 7.15. The fraction of sp³-hybridized carbons (Fsp3) is 0.625. The van der Waals surface area contributed by atoms with Gasteiger partial charge in [-0.1, -0.05) is 6.08 Å². The van der Waals surface area contributed by atoms with Crippen LogP contribution in [0.2, 0.25) is 0 Å². The van der Waals surface area contributed by atoms with Gasteiger partial charge in [0.2, 0.25) is 0 Å². The van der Waals surface area contributed by atoms with Gasteiger partial charge in [-0.15, -0.1) is 6.58 Å². The highest BCUT2D eigenvalue weighted by Crippen LogP contribution is 2.01. The Bertz CT molecular complexity index is 152. The predicted molar refractivity (Wildman–Crippen MR) is 42.2 cm³/mol. The van der Waals surface area contributed by atoms with Crippen LogP contribution in [0.3, 0.4) is 0 Å². The summed E-state index contributed by atoms with van der Waals surface area (Å²) < 4.78 is 4.88. The summed E-state index contributed by atoms with van der Waals surface area (Å²) >= 11 is 0. The molecule has 1 saturated heterocycles. The minimum absolute atomic E-state index is 0.179. The van der Waals surface area contributed by atoms with Gasteiger partial charge < -0.3 is 4.74 Å². The molecule has 0 N–H and O–H groups in total. The van der Waals surface area contributed by atoms with Crippen LogP contribution in [0.1, 0.15) is 6.42 Å². The van der Waals surface area contributed by atoms with E-state index < -0.39 is 0 Å². The number of nitrogens with zero attached hydrogens (tertiary/aromatic N) is 1. The molecule has 0 saturated carbocycles. The van der Waals surface area contributed by atoms with Gasteiger partial charge in [-0.25, -0.2) is 0 Å². The van der Waals surface area contributed by atoms with Gasteiger partial charge in [0.1, 0.15) is 6.61 Å². The molecule has 0 aliphatic carbocycles. The van der Waals surface area contributed by atoms with Gasteiger partial charge in [0.05, 0.1) is 6.42 Å². The number of hydrogen-bond acceptors (Lipinski definition) is 3. The van der Waals surface area contributed by atoms with Crippen LogP contribution in [0, 0.1) is 0 Å². The lowest BCUT2D eigenvalue weighted by Gasteiger charge is -2.02. The molecule has 0 aromatic rings. The van der Waals surface area contributed by atoms with E-state index in [2.05, 4.69) is 11.5 Å². The Labute approximate surface area is 66.6 Å². The summed E-state index contributed by atoms with van der Waals surface area (Å²) in [4.78, 5) is 12.9. The van der Waals surface area contributed by atoms with Crippen LogP contribution in [0.15, 0.2) is 12.7 Å². The van der Waals surface area contributed by atoms with E-state index in [9.17, 15) is 4.79 Å². The fourth-order valence-corrected chi connectivity index (χ4v) is 0.760. The largest absolute Gasteiger partial charge is 0.464 e. The third kappa shape index (κ3) is 3.78. The molecule has 0 atom stereocenters. The average molecular weight is 155 g/mol. The first-order valence-electron chi connectivity index (χ1n) is 3.82. The smallest absolute Gasteiger partial charge is 0.309 e. The van der Waals surface area contributed by atoms with E-state index in [-0.39, 0.29) is 5.97 Å². The van der Waals surface area contributed by atoms with E-state index in [0.29, 0.717) is 13.0 Å². The van der Waals surface area contributed by atoms with Crippen molar-refractivity contribution >= 4 is 5.97 Å². The molecule has 1 aliphatic rings. The first-order valence-corrected chi connectivity index (χ1v) is 3.82. The van der Waals surface area contributed by atoms with Crippen molar-refractivity contribution in [3.05, 3.63) is 12.7 Å². The highest BCUT2D eigenvalue weighted by atomic mass is 16.5. The van der Waals surface area contributed by atoms with Gasteiger partial charge in [0.25, 0.3) is 0 Å². The fourth-order valence-electron chi connectivity index (χ4n) is 0.760. The van der Waals surface area contributed by atoms with E-state index in [1.807, 2.05) is 0 Å². The summed E-state index contributed by atoms with van der Waals surface area (Å²) in [5.74, 6) is -0.179. The van der Waals surface area contributed by atoms with Crippen molar-refractivity contribution in [2.75, 3.05) is 26.2 Å². The Morgan fingerprint density at radius 2 is 2.36 bits per heavy atom. The molecule has 1 rings (SSSR count). The van der Waals surface area contributed by atoms with E-state index >= 15 is 0 Å². The van der Waals surface area contributed by atoms with Crippen LogP contribution >= 0.6 is 0 Å². The number of esters is 1. The van der Waals surface area contributed by atoms with Crippen molar-refractivity contribution in [1.82, 2.24) is 4.90 Å². The highest BCUT2D eigenvalue weighted by Gasteiger charge is 2.16. The van der Waals surface area contributed by atoms with E-state index in [0.717, 1.165) is 19.6 Å². The molecule has 0 bridgehead atoms. The van der Waals surface area contributed by atoms with Crippen molar-refractivity contribution in [1.29, 1.82) is 0 Å². The summed E-state index contributed by atoms with van der Waals surface area (Å²) in [6.07, 6.45) is 1.87. The molecule has 3 heteroatoms. The number of carbonyl (C=O) groups is 1. The van der Waals surface area contributed by atoms with E-state index in [4.69, 9.17) is 4.74 Å². The number of ether oxygens (including phenoxy) is 1. The monoisotopic (exact) mass is 155 g/mol. The van der Waals surface area contributed by atoms with Crippen molar-refractivity contribution in [3.63, 3.8) is 0 Å². The van der Waals surface area contributed by atoms with Crippen LogP contribution in [0.4, 0.5) is 0 Å². The molecule has 1 aliphatic heterocycles. The van der Waals surface area contributed by atoms with Crippen LogP contribution in [-0.4, -0.2) is 37.1 Å². The summed E-state index contributed by atoms with van der Waals surface area (Å²) in [5, 5.41) is 0. The van der Waals surface area contributed by atoms with Gasteiger partial charge >= 0.3 is 5.97 Å². The SMILES string of the molecule is C=CCC(=O)OCCN1CC1. The van der Waals surface area contributed by atoms with Crippen molar-refractivity contribution in [2.45, 2.75) is 6.42 Å². The Balaban J connectivity index is 1.92. The lowest BCUT2D eigenvalue weighted by Crippen LogP contribution is -2.12. The van der Waals surface area contributed by atoms with Gasteiger partial charge in [-0.3, -0.25) is 9.69 Å². The molecular weight excluding hydrogens is 142 g/mol. The molecule has 11 heavy (non-hydrogen) atoms. The molecule has 0 aromatic carbocycles. The number of carbonyl (C=O) groups excluding carboxylic acids is 1. The first-order chi connectivity index (χ1) is 5.33. The zero-order valence-electron chi connectivity index (χ0n) is 6.58. The molecule has 0 spiro atoms. The maximum absolute atomic E-state index is 10.7. The molecule has 0 unspecified atom stereocenters. The molecular formula is C8H13NO2. The standard InChI is InChI=1S/C8H13NO2/c1-2-3-8(10)11-7-6-9-4-5-9/h2H,1,3-7H2. The molecule has 3 nitrogen and oxygen atoms in total. The van der Waals surface area contributed by atoms with E-state index in [1.165, 1.54) is 0 Å². The molecule has 0 radical (unpaired) electrons. The summed E-state index contributed by atoms with van der Waals surface area (Å²) in [7, 11) is 0. The second-order valence-electron chi connectivity index (χ2n) is 2.55. The molecule has 1 fully saturated rings. The van der Waals surface area contributed by atoms with Crippen molar-refractivity contribution in [2.24, 2.45) is 0 Å². The lowest BCUT2D eigenvalue weighted by atomic mass is 10.4. The normalized spacial score (nSPS) is 16.0. The minimum Gasteiger partial charge on any atom is -0.464 e. The lowest BCUT2D eigenvalue weighted by molar-refractivity contribution is -0.142. The molecule has 1 heterocycles. The molecule has 62 valence electrons. The van der Waals surface area contributed by atoms with Gasteiger partial charge in [0, 0.05) is 19.6 Å². The zero-order chi connectivity index (χ0) is 8.10. The topological polar surface area (TPSA) is 29.3 Å². The van der Waals surface area contributed by atoms with Gasteiger partial charge in [-0.2, -0.15) is 0 Å². The Morgan fingerprint density at radius 1 is 1.64 bits per heavy atom. The minimum atomic E-state index is -0.179. The second-order valence-corrected chi connectivity index (χ2v) is 2.55. The molecule has 0 amide bonds. The summed E-state index contributed by atoms with van der Waals surface area (Å²) in [5.41, 5.74) is 0. The molecule has 0 aromatic heterocycles. The average Bonchev–Trinajstić information content (AvgIpc) is 2.72. The van der Waals surface area contributed by atoms with Crippen LogP contribution in [-0.2, 0) is 9.53 Å². The Hall–Kier alpha value is -0.830. The Kier molecular flexibility index (Phi) is 3.11. The first kappa shape index (κ1) is 8.27. The number of hydrogen-bond donors (Lipinski definition) is 0. The number of rotatable bonds is 5. The predicted octanol–water partition coefficient (Wildman–Crippen LogP) is 0.421. The van der Waals surface area contributed by atoms with Crippen LogP contribution in [0.25, 0.3) is 0 Å². The van der Waals surface area contributed by atoms with Crippen LogP contribution in [0.5, 0.6) is 0 Å². The van der Waals surface area contributed by atoms with E-state index in [1.54, 1.807) is 6.08 Å². The van der Waals surface area contributed by atoms with Crippen LogP contribution < -0.4 is 0 Å². The maximum atomic E-state index is 10.7. The highest BCUT2D eigenvalue weighted by molar-refractivity contribution is 5.70. The quantitative estimate of drug-likeness (QED) is 0.327. The van der Waals surface area contributed by atoms with Gasteiger partial charge in [-0.05, 0) is 0 Å². The zero-order valence-corrected chi connectivity index (χ0v) is 6.58. The third-order valence-electron chi connectivity index (χ3n) is 1.52. The van der Waals surface area contributed by atoms with Crippen molar-refractivity contribution in [3.8, 4) is 0 Å². The second kappa shape index (κ2) is 4.13. The van der Waals surface area contributed by atoms with Crippen molar-refractivity contribution < 1.29 is 9.53 Å². The van der Waals surface area contributed by atoms with Gasteiger partial charge in [0.15, 0.2) is 0 Å².